The number of nitrogens with two attached hydrogens (primary N) is 1. The lowest BCUT2D eigenvalue weighted by Gasteiger charge is -2.24. The highest BCUT2D eigenvalue weighted by Gasteiger charge is 2.24. The Kier molecular flexibility index (Phi) is 5.54. The van der Waals surface area contributed by atoms with Crippen LogP contribution in [-0.4, -0.2) is 43.1 Å². The molecule has 0 unspecified atom stereocenters. The average Bonchev–Trinajstić information content (AvgIpc) is 3.33. The Morgan fingerprint density at radius 3 is 2.80 bits per heavy atom. The second-order valence-electron chi connectivity index (χ2n) is 8.85. The van der Waals surface area contributed by atoms with Crippen LogP contribution in [0.3, 0.4) is 0 Å². The number of nitrogens with one attached hydrogen (secondary N) is 2. The molecule has 0 aliphatic carbocycles. The van der Waals surface area contributed by atoms with E-state index in [0.29, 0.717) is 47.5 Å². The van der Waals surface area contributed by atoms with Gasteiger partial charge in [-0.1, -0.05) is 6.92 Å². The number of aromatic amines is 1. The Morgan fingerprint density at radius 1 is 1.26 bits per heavy atom. The molecule has 0 spiro atoms. The van der Waals surface area contributed by atoms with Crippen molar-refractivity contribution in [2.75, 3.05) is 17.6 Å². The molecule has 1 aromatic carbocycles. The maximum atomic E-state index is 15.1. The van der Waals surface area contributed by atoms with Crippen molar-refractivity contribution >= 4 is 34.0 Å². The van der Waals surface area contributed by atoms with Crippen LogP contribution in [-0.2, 0) is 24.2 Å². The number of aryl methyl sites for hydroxylation is 1. The number of rotatable bonds is 5. The normalized spacial score (nSPS) is 14.0. The van der Waals surface area contributed by atoms with Crippen LogP contribution in [0.1, 0.15) is 32.2 Å². The zero-order chi connectivity index (χ0) is 24.9. The number of benzene rings is 1. The fourth-order valence-electron chi connectivity index (χ4n) is 4.47. The van der Waals surface area contributed by atoms with Gasteiger partial charge in [-0.15, -0.1) is 0 Å². The van der Waals surface area contributed by atoms with Crippen LogP contribution in [0.4, 0.5) is 21.7 Å². The van der Waals surface area contributed by atoms with Crippen molar-refractivity contribution in [3.63, 3.8) is 0 Å². The van der Waals surface area contributed by atoms with Gasteiger partial charge in [0.05, 0.1) is 16.9 Å². The van der Waals surface area contributed by atoms with E-state index in [9.17, 15) is 9.59 Å². The molecule has 0 fully saturated rings. The predicted octanol–water partition coefficient (Wildman–Crippen LogP) is 3.20. The summed E-state index contributed by atoms with van der Waals surface area (Å²) in [5.74, 6) is -0.128. The standard InChI is InChI=1S/C24H26FN7O3/c1-4-17-23(35-24(34)28-17)15-7-13-8-18(27-10-16(13)22(26)21(15)25)29-19-9-14-5-6-31(12(2)3)20(33)11-32(14)30-19/h7-10,12H,4-6,11,26H2,1-3H3,(H,28,34)(H,27,29,30). The van der Waals surface area contributed by atoms with Crippen molar-refractivity contribution in [1.29, 1.82) is 0 Å². The molecule has 0 atom stereocenters. The van der Waals surface area contributed by atoms with Crippen LogP contribution >= 0.6 is 0 Å². The number of hydrogen-bond donors (Lipinski definition) is 3. The smallest absolute Gasteiger partial charge is 0.407 e. The number of carbonyl (C=O) groups is 1. The summed E-state index contributed by atoms with van der Waals surface area (Å²) < 4.78 is 22.0. The number of fused-ring (bicyclic) bond motifs is 2. The predicted molar refractivity (Wildman–Crippen MR) is 130 cm³/mol. The Hall–Kier alpha value is -4.15. The number of halogens is 1. The van der Waals surface area contributed by atoms with Gasteiger partial charge in [0.2, 0.25) is 5.91 Å². The highest BCUT2D eigenvalue weighted by Crippen LogP contribution is 2.35. The van der Waals surface area contributed by atoms with Crippen LogP contribution in [0.25, 0.3) is 22.1 Å². The van der Waals surface area contributed by atoms with E-state index in [2.05, 4.69) is 20.4 Å². The van der Waals surface area contributed by atoms with Gasteiger partial charge in [0.15, 0.2) is 17.4 Å². The summed E-state index contributed by atoms with van der Waals surface area (Å²) in [6.45, 7) is 6.65. The number of pyridine rings is 1. The zero-order valence-electron chi connectivity index (χ0n) is 19.7. The third-order valence-corrected chi connectivity index (χ3v) is 6.28. The summed E-state index contributed by atoms with van der Waals surface area (Å²) in [5, 5.41) is 8.75. The van der Waals surface area contributed by atoms with Crippen molar-refractivity contribution in [3.8, 4) is 11.3 Å². The molecule has 10 nitrogen and oxygen atoms in total. The van der Waals surface area contributed by atoms with E-state index in [1.807, 2.05) is 31.7 Å². The molecule has 4 N–H and O–H groups in total. The highest BCUT2D eigenvalue weighted by atomic mass is 19.1. The largest absolute Gasteiger partial charge is 0.417 e. The summed E-state index contributed by atoms with van der Waals surface area (Å²) in [6.07, 6.45) is 2.65. The lowest BCUT2D eigenvalue weighted by Crippen LogP contribution is -2.38. The first-order chi connectivity index (χ1) is 16.7. The monoisotopic (exact) mass is 479 g/mol. The van der Waals surface area contributed by atoms with Gasteiger partial charge >= 0.3 is 5.76 Å². The molecule has 35 heavy (non-hydrogen) atoms. The second-order valence-corrected chi connectivity index (χ2v) is 8.85. The number of anilines is 3. The number of carbonyl (C=O) groups excluding carboxylic acids is 1. The van der Waals surface area contributed by atoms with E-state index in [1.54, 1.807) is 16.8 Å². The van der Waals surface area contributed by atoms with Crippen molar-refractivity contribution < 1.29 is 13.6 Å². The number of hydrogen-bond acceptors (Lipinski definition) is 7. The minimum Gasteiger partial charge on any atom is -0.407 e. The highest BCUT2D eigenvalue weighted by molar-refractivity contribution is 5.97. The summed E-state index contributed by atoms with van der Waals surface area (Å²) in [5.41, 5.74) is 7.53. The first kappa shape index (κ1) is 22.6. The number of aromatic nitrogens is 4. The summed E-state index contributed by atoms with van der Waals surface area (Å²) in [4.78, 5) is 33.0. The van der Waals surface area contributed by atoms with Gasteiger partial charge < -0.3 is 20.4 Å². The Bertz CT molecular complexity index is 1500. The number of amides is 1. The topological polar surface area (TPSA) is 135 Å². The summed E-state index contributed by atoms with van der Waals surface area (Å²) in [6, 6.07) is 5.35. The second kappa shape index (κ2) is 8.57. The van der Waals surface area contributed by atoms with Gasteiger partial charge in [-0.05, 0) is 37.8 Å². The third-order valence-electron chi connectivity index (χ3n) is 6.28. The molecule has 5 rings (SSSR count). The first-order valence-electron chi connectivity index (χ1n) is 11.5. The lowest BCUT2D eigenvalue weighted by molar-refractivity contribution is -0.133. The summed E-state index contributed by atoms with van der Waals surface area (Å²) >= 11 is 0. The van der Waals surface area contributed by atoms with Gasteiger partial charge in [-0.2, -0.15) is 5.10 Å². The van der Waals surface area contributed by atoms with Crippen LogP contribution in [0.15, 0.2) is 33.6 Å². The minimum atomic E-state index is -0.671. The molecule has 3 aromatic heterocycles. The van der Waals surface area contributed by atoms with Gasteiger partial charge in [-0.3, -0.25) is 14.5 Å². The average molecular weight is 480 g/mol. The van der Waals surface area contributed by atoms with E-state index in [1.165, 1.54) is 6.20 Å². The maximum Gasteiger partial charge on any atom is 0.417 e. The molecule has 0 bridgehead atoms. The van der Waals surface area contributed by atoms with Crippen LogP contribution < -0.4 is 16.8 Å². The van der Waals surface area contributed by atoms with E-state index in [0.717, 1.165) is 5.69 Å². The first-order valence-corrected chi connectivity index (χ1v) is 11.5. The van der Waals surface area contributed by atoms with Crippen LogP contribution in [0, 0.1) is 5.82 Å². The van der Waals surface area contributed by atoms with Crippen molar-refractivity contribution in [3.05, 3.63) is 52.2 Å². The maximum absolute atomic E-state index is 15.1. The SMILES string of the molecule is CCc1[nH]c(=O)oc1-c1cc2cc(Nc3cc4n(n3)CC(=O)N(C(C)C)CC4)ncc2c(N)c1F. The fourth-order valence-corrected chi connectivity index (χ4v) is 4.47. The molecule has 0 radical (unpaired) electrons. The molecule has 0 saturated heterocycles. The van der Waals surface area contributed by atoms with E-state index >= 15 is 4.39 Å². The van der Waals surface area contributed by atoms with Gasteiger partial charge in [0.25, 0.3) is 0 Å². The number of oxazole rings is 1. The Morgan fingerprint density at radius 2 is 2.06 bits per heavy atom. The van der Waals surface area contributed by atoms with Crippen LogP contribution in [0.2, 0.25) is 0 Å². The molecule has 182 valence electrons. The molecule has 1 aliphatic heterocycles. The third kappa shape index (κ3) is 4.02. The summed E-state index contributed by atoms with van der Waals surface area (Å²) in [7, 11) is 0. The molecular formula is C24H26FN7O3. The molecule has 1 aliphatic rings. The van der Waals surface area contributed by atoms with Gasteiger partial charge in [-0.25, -0.2) is 14.2 Å². The van der Waals surface area contributed by atoms with Crippen molar-refractivity contribution in [1.82, 2.24) is 24.6 Å². The number of nitrogens with zero attached hydrogens (tertiary/aromatic N) is 4. The number of nitrogen functional groups attached to an aromatic ring is 1. The van der Waals surface area contributed by atoms with E-state index in [-0.39, 0.29) is 35.5 Å². The molecule has 4 heterocycles. The van der Waals surface area contributed by atoms with E-state index in [4.69, 9.17) is 10.2 Å². The van der Waals surface area contributed by atoms with E-state index < -0.39 is 11.6 Å². The lowest BCUT2D eigenvalue weighted by atomic mass is 10.0. The minimum absolute atomic E-state index is 0.0325. The van der Waals surface area contributed by atoms with Gasteiger partial charge in [0.1, 0.15) is 12.4 Å². The molecule has 4 aromatic rings. The molecule has 1 amide bonds. The zero-order valence-corrected chi connectivity index (χ0v) is 19.7. The number of H-pyrrole nitrogens is 1. The molecule has 0 saturated carbocycles. The van der Waals surface area contributed by atoms with Gasteiger partial charge in [0, 0.05) is 42.4 Å². The molecular weight excluding hydrogens is 453 g/mol. The van der Waals surface area contributed by atoms with Crippen molar-refractivity contribution in [2.45, 2.75) is 46.2 Å². The quantitative estimate of drug-likeness (QED) is 0.374. The molecule has 11 heteroatoms. The Balaban J connectivity index is 1.47. The Labute approximate surface area is 199 Å². The van der Waals surface area contributed by atoms with Crippen LogP contribution in [0.5, 0.6) is 0 Å². The van der Waals surface area contributed by atoms with Crippen molar-refractivity contribution in [2.24, 2.45) is 0 Å². The fraction of sp³-hybridized carbons (Fsp3) is 0.333.